The van der Waals surface area contributed by atoms with E-state index in [4.69, 9.17) is 0 Å². The number of nitrogens with one attached hydrogen (secondary N) is 1. The second-order valence-electron chi connectivity index (χ2n) is 5.55. The number of benzene rings is 1. The van der Waals surface area contributed by atoms with Gasteiger partial charge in [-0.25, -0.2) is 4.98 Å². The lowest BCUT2D eigenvalue weighted by atomic mass is 10.2. The third kappa shape index (κ3) is 4.18. The van der Waals surface area contributed by atoms with Crippen molar-refractivity contribution in [2.45, 2.75) is 27.7 Å². The SMILES string of the molecule is CCN(c1ccccc1)c1nc(C)cc(NCC(C)C)n1. The maximum atomic E-state index is 4.66. The summed E-state index contributed by atoms with van der Waals surface area (Å²) in [4.78, 5) is 11.4. The standard InChI is InChI=1S/C17H24N4/c1-5-21(15-9-7-6-8-10-15)17-19-14(4)11-16(20-17)18-12-13(2)3/h6-11,13H,5,12H2,1-4H3,(H,18,19,20). The molecule has 1 aromatic heterocycles. The molecular weight excluding hydrogens is 260 g/mol. The average Bonchev–Trinajstić information content (AvgIpc) is 2.46. The fraction of sp³-hybridized carbons (Fsp3) is 0.412. The number of hydrogen-bond donors (Lipinski definition) is 1. The first kappa shape index (κ1) is 15.3. The Balaban J connectivity index is 2.29. The maximum absolute atomic E-state index is 4.66. The van der Waals surface area contributed by atoms with E-state index in [1.165, 1.54) is 0 Å². The largest absolute Gasteiger partial charge is 0.370 e. The molecule has 21 heavy (non-hydrogen) atoms. The van der Waals surface area contributed by atoms with Crippen molar-refractivity contribution in [3.05, 3.63) is 42.1 Å². The van der Waals surface area contributed by atoms with Crippen LogP contribution in [-0.4, -0.2) is 23.1 Å². The summed E-state index contributed by atoms with van der Waals surface area (Å²) in [6.07, 6.45) is 0. The number of aromatic nitrogens is 2. The number of anilines is 3. The van der Waals surface area contributed by atoms with Gasteiger partial charge < -0.3 is 10.2 Å². The van der Waals surface area contributed by atoms with Gasteiger partial charge in [0, 0.05) is 30.5 Å². The highest BCUT2D eigenvalue weighted by molar-refractivity contribution is 5.58. The van der Waals surface area contributed by atoms with Crippen molar-refractivity contribution in [3.63, 3.8) is 0 Å². The molecule has 0 saturated carbocycles. The Morgan fingerprint density at radius 2 is 1.86 bits per heavy atom. The Hall–Kier alpha value is -2.10. The molecule has 0 unspecified atom stereocenters. The van der Waals surface area contributed by atoms with Crippen LogP contribution in [0.15, 0.2) is 36.4 Å². The highest BCUT2D eigenvalue weighted by Gasteiger charge is 2.11. The fourth-order valence-corrected chi connectivity index (χ4v) is 2.12. The summed E-state index contributed by atoms with van der Waals surface area (Å²) in [5.74, 6) is 2.22. The molecule has 2 rings (SSSR count). The maximum Gasteiger partial charge on any atom is 0.232 e. The molecule has 2 aromatic rings. The van der Waals surface area contributed by atoms with E-state index in [1.54, 1.807) is 0 Å². The van der Waals surface area contributed by atoms with Crippen molar-refractivity contribution in [2.75, 3.05) is 23.3 Å². The van der Waals surface area contributed by atoms with Crippen LogP contribution in [0.3, 0.4) is 0 Å². The predicted octanol–water partition coefficient (Wildman–Crippen LogP) is 4.01. The predicted molar refractivity (Wildman–Crippen MR) is 89.2 cm³/mol. The number of rotatable bonds is 6. The van der Waals surface area contributed by atoms with Gasteiger partial charge in [0.15, 0.2) is 0 Å². The third-order valence-corrected chi connectivity index (χ3v) is 3.16. The summed E-state index contributed by atoms with van der Waals surface area (Å²) in [7, 11) is 0. The quantitative estimate of drug-likeness (QED) is 0.870. The normalized spacial score (nSPS) is 10.7. The lowest BCUT2D eigenvalue weighted by Gasteiger charge is -2.22. The minimum absolute atomic E-state index is 0.583. The van der Waals surface area contributed by atoms with Crippen LogP contribution in [0.4, 0.5) is 17.5 Å². The molecule has 0 radical (unpaired) electrons. The van der Waals surface area contributed by atoms with Crippen LogP contribution in [-0.2, 0) is 0 Å². The lowest BCUT2D eigenvalue weighted by Crippen LogP contribution is -2.20. The molecule has 4 heteroatoms. The molecule has 0 aliphatic heterocycles. The third-order valence-electron chi connectivity index (χ3n) is 3.16. The van der Waals surface area contributed by atoms with E-state index < -0.39 is 0 Å². The molecular formula is C17H24N4. The smallest absolute Gasteiger partial charge is 0.232 e. The van der Waals surface area contributed by atoms with Gasteiger partial charge in [-0.2, -0.15) is 4.98 Å². The zero-order valence-corrected chi connectivity index (χ0v) is 13.3. The molecule has 0 spiro atoms. The van der Waals surface area contributed by atoms with Crippen LogP contribution in [0.5, 0.6) is 0 Å². The van der Waals surface area contributed by atoms with E-state index in [9.17, 15) is 0 Å². The second-order valence-corrected chi connectivity index (χ2v) is 5.55. The Labute approximate surface area is 127 Å². The molecule has 1 aromatic carbocycles. The van der Waals surface area contributed by atoms with Gasteiger partial charge >= 0.3 is 0 Å². The highest BCUT2D eigenvalue weighted by Crippen LogP contribution is 2.23. The molecule has 0 aliphatic rings. The fourth-order valence-electron chi connectivity index (χ4n) is 2.12. The molecule has 0 fully saturated rings. The van der Waals surface area contributed by atoms with Crippen molar-refractivity contribution in [2.24, 2.45) is 5.92 Å². The topological polar surface area (TPSA) is 41.1 Å². The van der Waals surface area contributed by atoms with E-state index in [2.05, 4.69) is 53.1 Å². The van der Waals surface area contributed by atoms with Gasteiger partial charge in [0.25, 0.3) is 0 Å². The van der Waals surface area contributed by atoms with Gasteiger partial charge in [-0.1, -0.05) is 32.0 Å². The molecule has 4 nitrogen and oxygen atoms in total. The van der Waals surface area contributed by atoms with Gasteiger partial charge in [-0.3, -0.25) is 0 Å². The van der Waals surface area contributed by atoms with Crippen molar-refractivity contribution >= 4 is 17.5 Å². The Morgan fingerprint density at radius 3 is 2.48 bits per heavy atom. The summed E-state index contributed by atoms with van der Waals surface area (Å²) in [6, 6.07) is 12.2. The van der Waals surface area contributed by atoms with E-state index >= 15 is 0 Å². The molecule has 0 bridgehead atoms. The number of nitrogens with zero attached hydrogens (tertiary/aromatic N) is 3. The summed E-state index contributed by atoms with van der Waals surface area (Å²) in [5.41, 5.74) is 2.08. The van der Waals surface area contributed by atoms with Crippen molar-refractivity contribution in [1.29, 1.82) is 0 Å². The van der Waals surface area contributed by atoms with Gasteiger partial charge in [-0.15, -0.1) is 0 Å². The molecule has 0 aliphatic carbocycles. The van der Waals surface area contributed by atoms with Crippen LogP contribution in [0.25, 0.3) is 0 Å². The van der Waals surface area contributed by atoms with Crippen molar-refractivity contribution in [3.8, 4) is 0 Å². The van der Waals surface area contributed by atoms with E-state index in [0.29, 0.717) is 5.92 Å². The number of hydrogen-bond acceptors (Lipinski definition) is 4. The van der Waals surface area contributed by atoms with Gasteiger partial charge in [0.1, 0.15) is 5.82 Å². The number of para-hydroxylation sites is 1. The van der Waals surface area contributed by atoms with E-state index in [-0.39, 0.29) is 0 Å². The molecule has 112 valence electrons. The molecule has 0 atom stereocenters. The Kier molecular flexibility index (Phi) is 5.14. The summed E-state index contributed by atoms with van der Waals surface area (Å²) < 4.78 is 0. The first-order chi connectivity index (χ1) is 10.1. The molecule has 0 amide bonds. The zero-order valence-electron chi connectivity index (χ0n) is 13.3. The highest BCUT2D eigenvalue weighted by atomic mass is 15.3. The van der Waals surface area contributed by atoms with Crippen molar-refractivity contribution in [1.82, 2.24) is 9.97 Å². The van der Waals surface area contributed by atoms with Crippen LogP contribution in [0.2, 0.25) is 0 Å². The monoisotopic (exact) mass is 284 g/mol. The minimum Gasteiger partial charge on any atom is -0.370 e. The van der Waals surface area contributed by atoms with Gasteiger partial charge in [-0.05, 0) is 31.9 Å². The molecule has 0 saturated heterocycles. The van der Waals surface area contributed by atoms with E-state index in [1.807, 2.05) is 31.2 Å². The van der Waals surface area contributed by atoms with Crippen LogP contribution in [0.1, 0.15) is 26.5 Å². The van der Waals surface area contributed by atoms with E-state index in [0.717, 1.165) is 36.2 Å². The van der Waals surface area contributed by atoms with Crippen LogP contribution >= 0.6 is 0 Å². The second kappa shape index (κ2) is 7.07. The first-order valence-electron chi connectivity index (χ1n) is 7.52. The lowest BCUT2D eigenvalue weighted by molar-refractivity contribution is 0.686. The Bertz CT molecular complexity index is 566. The Morgan fingerprint density at radius 1 is 1.14 bits per heavy atom. The average molecular weight is 284 g/mol. The minimum atomic E-state index is 0.583. The first-order valence-corrected chi connectivity index (χ1v) is 7.52. The van der Waals surface area contributed by atoms with Crippen LogP contribution in [0, 0.1) is 12.8 Å². The zero-order chi connectivity index (χ0) is 15.2. The van der Waals surface area contributed by atoms with Gasteiger partial charge in [0.05, 0.1) is 0 Å². The molecule has 1 N–H and O–H groups in total. The summed E-state index contributed by atoms with van der Waals surface area (Å²) in [5, 5.41) is 3.38. The molecule has 1 heterocycles. The number of aryl methyl sites for hydroxylation is 1. The summed E-state index contributed by atoms with van der Waals surface area (Å²) >= 11 is 0. The van der Waals surface area contributed by atoms with Crippen LogP contribution < -0.4 is 10.2 Å². The van der Waals surface area contributed by atoms with Crippen molar-refractivity contribution < 1.29 is 0 Å². The van der Waals surface area contributed by atoms with Gasteiger partial charge in [0.2, 0.25) is 5.95 Å². The summed E-state index contributed by atoms with van der Waals surface area (Å²) in [6.45, 7) is 10.2.